The summed E-state index contributed by atoms with van der Waals surface area (Å²) in [6.07, 6.45) is 2.39. The largest absolute Gasteiger partial charge is 0.388 e. The van der Waals surface area contributed by atoms with Gasteiger partial charge in [0.2, 0.25) is 0 Å². The third-order valence-electron chi connectivity index (χ3n) is 2.99. The van der Waals surface area contributed by atoms with Gasteiger partial charge in [-0.25, -0.2) is 9.97 Å². The molecule has 0 bridgehead atoms. The molecule has 1 aliphatic rings. The second-order valence-corrected chi connectivity index (χ2v) is 5.40. The van der Waals surface area contributed by atoms with Crippen LogP contribution in [0, 0.1) is 0 Å². The van der Waals surface area contributed by atoms with E-state index in [0.29, 0.717) is 6.54 Å². The second kappa shape index (κ2) is 3.40. The number of aromatic nitrogens is 2. The third kappa shape index (κ3) is 1.56. The van der Waals surface area contributed by atoms with Crippen LogP contribution in [0.2, 0.25) is 0 Å². The van der Waals surface area contributed by atoms with Crippen LogP contribution in [0.1, 0.15) is 13.3 Å². The molecule has 5 heteroatoms. The minimum Gasteiger partial charge on any atom is -0.388 e. The fraction of sp³-hybridized carbons (Fsp3) is 0.455. The van der Waals surface area contributed by atoms with E-state index in [4.69, 9.17) is 0 Å². The lowest BCUT2D eigenvalue weighted by Crippen LogP contribution is -2.30. The molecule has 1 aliphatic heterocycles. The molecule has 2 aromatic heterocycles. The van der Waals surface area contributed by atoms with Crippen molar-refractivity contribution in [3.8, 4) is 0 Å². The number of aliphatic hydroxyl groups is 1. The molecule has 3 heterocycles. The van der Waals surface area contributed by atoms with Crippen molar-refractivity contribution < 1.29 is 5.11 Å². The predicted octanol–water partition coefficient (Wildman–Crippen LogP) is 1.65. The Bertz CT molecular complexity index is 523. The van der Waals surface area contributed by atoms with E-state index in [-0.39, 0.29) is 0 Å². The average Bonchev–Trinajstić information content (AvgIpc) is 2.83. The molecule has 4 nitrogen and oxygen atoms in total. The molecule has 0 saturated carbocycles. The number of anilines is 1. The van der Waals surface area contributed by atoms with Crippen molar-refractivity contribution in [2.24, 2.45) is 0 Å². The fourth-order valence-corrected chi connectivity index (χ4v) is 2.88. The van der Waals surface area contributed by atoms with Gasteiger partial charge in [-0.3, -0.25) is 0 Å². The van der Waals surface area contributed by atoms with Crippen molar-refractivity contribution in [2.45, 2.75) is 18.9 Å². The summed E-state index contributed by atoms with van der Waals surface area (Å²) >= 11 is 1.62. The van der Waals surface area contributed by atoms with Crippen LogP contribution in [-0.4, -0.2) is 33.8 Å². The number of nitrogens with zero attached hydrogens (tertiary/aromatic N) is 3. The van der Waals surface area contributed by atoms with Crippen LogP contribution in [0.25, 0.3) is 10.2 Å². The first-order valence-corrected chi connectivity index (χ1v) is 6.19. The highest BCUT2D eigenvalue weighted by Gasteiger charge is 2.32. The fourth-order valence-electron chi connectivity index (χ4n) is 2.15. The van der Waals surface area contributed by atoms with Gasteiger partial charge in [0, 0.05) is 13.1 Å². The molecule has 1 unspecified atom stereocenters. The van der Waals surface area contributed by atoms with Gasteiger partial charge < -0.3 is 10.0 Å². The van der Waals surface area contributed by atoms with E-state index in [9.17, 15) is 5.11 Å². The zero-order valence-electron chi connectivity index (χ0n) is 9.05. The quantitative estimate of drug-likeness (QED) is 0.816. The van der Waals surface area contributed by atoms with E-state index < -0.39 is 5.60 Å². The number of rotatable bonds is 1. The lowest BCUT2D eigenvalue weighted by molar-refractivity contribution is 0.0839. The normalized spacial score (nSPS) is 25.5. The van der Waals surface area contributed by atoms with Crippen LogP contribution in [0.15, 0.2) is 17.8 Å². The molecule has 2 aromatic rings. The monoisotopic (exact) mass is 235 g/mol. The summed E-state index contributed by atoms with van der Waals surface area (Å²) in [5.74, 6) is 0.948. The van der Waals surface area contributed by atoms with Crippen molar-refractivity contribution in [1.82, 2.24) is 9.97 Å². The molecule has 0 spiro atoms. The molecule has 0 amide bonds. The van der Waals surface area contributed by atoms with Gasteiger partial charge in [0.05, 0.1) is 11.0 Å². The van der Waals surface area contributed by atoms with Crippen molar-refractivity contribution >= 4 is 27.4 Å². The zero-order valence-corrected chi connectivity index (χ0v) is 9.87. The number of thiophene rings is 1. The summed E-state index contributed by atoms with van der Waals surface area (Å²) in [6.45, 7) is 3.38. The Balaban J connectivity index is 2.03. The molecule has 16 heavy (non-hydrogen) atoms. The number of β-amino-alcohol motifs (C(OH)–C–C–N with tert-alkyl or cyclic N) is 1. The van der Waals surface area contributed by atoms with Crippen molar-refractivity contribution in [2.75, 3.05) is 18.0 Å². The molecule has 3 rings (SSSR count). The summed E-state index contributed by atoms with van der Waals surface area (Å²) in [5, 5.41) is 13.1. The van der Waals surface area contributed by atoms with Gasteiger partial charge in [-0.15, -0.1) is 11.3 Å². The topological polar surface area (TPSA) is 49.2 Å². The van der Waals surface area contributed by atoms with Gasteiger partial charge >= 0.3 is 0 Å². The van der Waals surface area contributed by atoms with Crippen LogP contribution in [0.4, 0.5) is 5.82 Å². The van der Waals surface area contributed by atoms with Gasteiger partial charge in [0.25, 0.3) is 0 Å². The molecular formula is C11H13N3OS. The number of fused-ring (bicyclic) bond motifs is 1. The Hall–Kier alpha value is -1.20. The molecule has 1 N–H and O–H groups in total. The van der Waals surface area contributed by atoms with Crippen LogP contribution in [-0.2, 0) is 0 Å². The molecule has 0 aliphatic carbocycles. The highest BCUT2D eigenvalue weighted by molar-refractivity contribution is 7.16. The predicted molar refractivity (Wildman–Crippen MR) is 64.9 cm³/mol. The Morgan fingerprint density at radius 2 is 2.38 bits per heavy atom. The lowest BCUT2D eigenvalue weighted by Gasteiger charge is -2.20. The second-order valence-electron chi connectivity index (χ2n) is 4.51. The molecule has 0 aromatic carbocycles. The Morgan fingerprint density at radius 3 is 3.12 bits per heavy atom. The minimum atomic E-state index is -0.590. The summed E-state index contributed by atoms with van der Waals surface area (Å²) in [5.41, 5.74) is -0.590. The van der Waals surface area contributed by atoms with Crippen molar-refractivity contribution in [1.29, 1.82) is 0 Å². The first kappa shape index (κ1) is 9.99. The standard InChI is InChI=1S/C11H13N3OS/c1-11(15)3-4-14(6-11)9-8-2-5-16-10(8)13-7-12-9/h2,5,7,15H,3-4,6H2,1H3. The molecule has 84 valence electrons. The van der Waals surface area contributed by atoms with E-state index in [1.807, 2.05) is 18.4 Å². The highest BCUT2D eigenvalue weighted by atomic mass is 32.1. The van der Waals surface area contributed by atoms with E-state index >= 15 is 0 Å². The van der Waals surface area contributed by atoms with Gasteiger partial charge in [0.15, 0.2) is 0 Å². The molecular weight excluding hydrogens is 222 g/mol. The van der Waals surface area contributed by atoms with Gasteiger partial charge in [-0.1, -0.05) is 0 Å². The lowest BCUT2D eigenvalue weighted by atomic mass is 10.1. The first-order chi connectivity index (χ1) is 7.66. The van der Waals surface area contributed by atoms with Crippen molar-refractivity contribution in [3.05, 3.63) is 17.8 Å². The summed E-state index contributed by atoms with van der Waals surface area (Å²) in [4.78, 5) is 11.7. The maximum Gasteiger partial charge on any atom is 0.140 e. The van der Waals surface area contributed by atoms with Crippen LogP contribution in [0.5, 0.6) is 0 Å². The van der Waals surface area contributed by atoms with E-state index in [1.54, 1.807) is 17.7 Å². The Labute approximate surface area is 97.6 Å². The van der Waals surface area contributed by atoms with Gasteiger partial charge in [0.1, 0.15) is 17.0 Å². The SMILES string of the molecule is CC1(O)CCN(c2ncnc3sccc23)C1. The summed E-state index contributed by atoms with van der Waals surface area (Å²) < 4.78 is 0. The molecule has 1 fully saturated rings. The molecule has 0 radical (unpaired) electrons. The van der Waals surface area contributed by atoms with E-state index in [2.05, 4.69) is 14.9 Å². The zero-order chi connectivity index (χ0) is 11.2. The van der Waals surface area contributed by atoms with Gasteiger partial charge in [-0.2, -0.15) is 0 Å². The van der Waals surface area contributed by atoms with Crippen LogP contribution in [0.3, 0.4) is 0 Å². The molecule has 1 atom stereocenters. The van der Waals surface area contributed by atoms with Gasteiger partial charge in [-0.05, 0) is 24.8 Å². The van der Waals surface area contributed by atoms with Crippen LogP contribution < -0.4 is 4.90 Å². The van der Waals surface area contributed by atoms with E-state index in [0.717, 1.165) is 29.0 Å². The number of hydrogen-bond acceptors (Lipinski definition) is 5. The third-order valence-corrected chi connectivity index (χ3v) is 3.81. The molecule has 1 saturated heterocycles. The van der Waals surface area contributed by atoms with Crippen molar-refractivity contribution in [3.63, 3.8) is 0 Å². The van der Waals surface area contributed by atoms with E-state index in [1.165, 1.54) is 0 Å². The Kier molecular flexibility index (Phi) is 2.12. The highest BCUT2D eigenvalue weighted by Crippen LogP contribution is 2.31. The maximum atomic E-state index is 9.97. The average molecular weight is 235 g/mol. The maximum absolute atomic E-state index is 9.97. The number of hydrogen-bond donors (Lipinski definition) is 1. The summed E-state index contributed by atoms with van der Waals surface area (Å²) in [6, 6.07) is 2.04. The minimum absolute atomic E-state index is 0.590. The first-order valence-electron chi connectivity index (χ1n) is 5.31. The van der Waals surface area contributed by atoms with Crippen LogP contribution >= 0.6 is 11.3 Å². The Morgan fingerprint density at radius 1 is 1.50 bits per heavy atom. The smallest absolute Gasteiger partial charge is 0.140 e. The summed E-state index contributed by atoms with van der Waals surface area (Å²) in [7, 11) is 0.